The van der Waals surface area contributed by atoms with E-state index in [4.69, 9.17) is 14.4 Å². The van der Waals surface area contributed by atoms with Crippen LogP contribution in [0.1, 0.15) is 29.2 Å². The molecule has 2 aliphatic rings. The summed E-state index contributed by atoms with van der Waals surface area (Å²) in [7, 11) is 0. The molecule has 2 aromatic heterocycles. The van der Waals surface area contributed by atoms with Gasteiger partial charge < -0.3 is 4.42 Å². The first-order valence-electron chi connectivity index (χ1n) is 17.6. The minimum Gasteiger partial charge on any atom is -0.456 e. The highest BCUT2D eigenvalue weighted by Gasteiger charge is 2.51. The van der Waals surface area contributed by atoms with Crippen LogP contribution in [0.15, 0.2) is 190 Å². The zero-order valence-corrected chi connectivity index (χ0v) is 29.3. The standard InChI is InChI=1S/C48H32N2OS/c1-3-15-33-35(4-2)48(38-26-27-42-46(45(33)38)34-20-11-13-22-41(34)51-42)36-21-12-14-23-43(36)52-44-28-32(24-25-37(44)48)40-29-39(30-16-7-5-8-17-30)49-47(50-40)31-18-9-6-10-19-31/h3-29H,2H2,1H3/b15-3-. The van der Waals surface area contributed by atoms with E-state index in [-0.39, 0.29) is 0 Å². The van der Waals surface area contributed by atoms with Crippen molar-refractivity contribution in [1.29, 1.82) is 0 Å². The fourth-order valence-corrected chi connectivity index (χ4v) is 9.58. The molecule has 0 amide bonds. The van der Waals surface area contributed by atoms with Crippen molar-refractivity contribution in [1.82, 2.24) is 9.97 Å². The van der Waals surface area contributed by atoms with Crippen LogP contribution in [-0.4, -0.2) is 9.97 Å². The van der Waals surface area contributed by atoms with Crippen LogP contribution in [0.2, 0.25) is 0 Å². The van der Waals surface area contributed by atoms with Gasteiger partial charge in [-0.15, -0.1) is 0 Å². The topological polar surface area (TPSA) is 38.9 Å². The Morgan fingerprint density at radius 2 is 1.29 bits per heavy atom. The molecule has 10 rings (SSSR count). The van der Waals surface area contributed by atoms with Gasteiger partial charge in [-0.1, -0.05) is 152 Å². The number of benzene rings is 6. The molecular weight excluding hydrogens is 653 g/mol. The summed E-state index contributed by atoms with van der Waals surface area (Å²) >= 11 is 1.83. The molecule has 0 bridgehead atoms. The van der Waals surface area contributed by atoms with Crippen molar-refractivity contribution in [3.63, 3.8) is 0 Å². The molecule has 1 unspecified atom stereocenters. The molecule has 1 aliphatic carbocycles. The molecule has 4 heteroatoms. The Balaban J connectivity index is 1.25. The highest BCUT2D eigenvalue weighted by molar-refractivity contribution is 7.99. The zero-order valence-electron chi connectivity index (χ0n) is 28.5. The van der Waals surface area contributed by atoms with Gasteiger partial charge in [0.05, 0.1) is 16.8 Å². The number of allylic oxidation sites excluding steroid dienone is 5. The van der Waals surface area contributed by atoms with Gasteiger partial charge in [-0.25, -0.2) is 9.97 Å². The monoisotopic (exact) mass is 684 g/mol. The Bertz CT molecular complexity index is 2740. The molecule has 0 saturated heterocycles. The minimum absolute atomic E-state index is 0.579. The van der Waals surface area contributed by atoms with Gasteiger partial charge in [0.1, 0.15) is 11.2 Å². The smallest absolute Gasteiger partial charge is 0.160 e. The lowest BCUT2D eigenvalue weighted by atomic mass is 9.66. The van der Waals surface area contributed by atoms with E-state index in [1.807, 2.05) is 42.1 Å². The number of aromatic nitrogens is 2. The van der Waals surface area contributed by atoms with E-state index in [9.17, 15) is 0 Å². The van der Waals surface area contributed by atoms with Crippen molar-refractivity contribution < 1.29 is 4.42 Å². The largest absolute Gasteiger partial charge is 0.456 e. The number of nitrogens with zero attached hydrogens (tertiary/aromatic N) is 2. The molecule has 1 atom stereocenters. The van der Waals surface area contributed by atoms with Gasteiger partial charge in [0.25, 0.3) is 0 Å². The lowest BCUT2D eigenvalue weighted by molar-refractivity contribution is 0.667. The van der Waals surface area contributed by atoms with Crippen molar-refractivity contribution in [2.45, 2.75) is 22.1 Å². The lowest BCUT2D eigenvalue weighted by Gasteiger charge is -2.40. The second kappa shape index (κ2) is 11.9. The van der Waals surface area contributed by atoms with E-state index in [0.717, 1.165) is 50.0 Å². The van der Waals surface area contributed by atoms with Gasteiger partial charge in [0.2, 0.25) is 0 Å². The van der Waals surface area contributed by atoms with Crippen LogP contribution in [-0.2, 0) is 5.41 Å². The molecule has 6 aromatic carbocycles. The van der Waals surface area contributed by atoms with E-state index in [2.05, 4.69) is 147 Å². The maximum absolute atomic E-state index is 6.45. The molecule has 8 aromatic rings. The van der Waals surface area contributed by atoms with Gasteiger partial charge in [-0.3, -0.25) is 0 Å². The third-order valence-electron chi connectivity index (χ3n) is 10.5. The van der Waals surface area contributed by atoms with Gasteiger partial charge in [-0.2, -0.15) is 0 Å². The van der Waals surface area contributed by atoms with Gasteiger partial charge in [-0.05, 0) is 70.7 Å². The molecule has 3 heterocycles. The first-order chi connectivity index (χ1) is 25.7. The van der Waals surface area contributed by atoms with Crippen LogP contribution < -0.4 is 0 Å². The van der Waals surface area contributed by atoms with Gasteiger partial charge in [0, 0.05) is 37.3 Å². The van der Waals surface area contributed by atoms with Crippen LogP contribution in [0.4, 0.5) is 0 Å². The normalized spacial score (nSPS) is 16.1. The number of furan rings is 1. The second-order valence-corrected chi connectivity index (χ2v) is 14.3. The molecule has 1 spiro atoms. The number of fused-ring (bicyclic) bond motifs is 10. The summed E-state index contributed by atoms with van der Waals surface area (Å²) in [5.41, 5.74) is 13.4. The molecule has 0 N–H and O–H groups in total. The molecular formula is C48H32N2OS. The van der Waals surface area contributed by atoms with Gasteiger partial charge >= 0.3 is 0 Å². The fourth-order valence-electron chi connectivity index (χ4n) is 8.35. The number of hydrogen-bond donors (Lipinski definition) is 0. The predicted molar refractivity (Wildman–Crippen MR) is 214 cm³/mol. The molecule has 3 nitrogen and oxygen atoms in total. The Morgan fingerprint density at radius 3 is 2.08 bits per heavy atom. The van der Waals surface area contributed by atoms with Crippen LogP contribution in [0.25, 0.3) is 61.4 Å². The number of hydrogen-bond acceptors (Lipinski definition) is 4. The summed E-state index contributed by atoms with van der Waals surface area (Å²) in [6.45, 7) is 6.58. The highest BCUT2D eigenvalue weighted by Crippen LogP contribution is 2.63. The number of para-hydroxylation sites is 1. The maximum atomic E-state index is 6.45. The highest BCUT2D eigenvalue weighted by atomic mass is 32.2. The van der Waals surface area contributed by atoms with Crippen LogP contribution in [0, 0.1) is 0 Å². The zero-order chi connectivity index (χ0) is 34.8. The molecule has 0 radical (unpaired) electrons. The summed E-state index contributed by atoms with van der Waals surface area (Å²) in [6.07, 6.45) is 6.47. The van der Waals surface area contributed by atoms with E-state index < -0.39 is 5.41 Å². The van der Waals surface area contributed by atoms with Crippen molar-refractivity contribution >= 4 is 39.3 Å². The summed E-state index contributed by atoms with van der Waals surface area (Å²) < 4.78 is 6.45. The van der Waals surface area contributed by atoms with E-state index in [1.165, 1.54) is 43.2 Å². The SMILES string of the molecule is C=CC1=C(/C=C\C)c2c(ccc3oc4ccccc4c23)C12c1ccccc1Sc1cc(-c3cc(-c4ccccc4)nc(-c4ccccc4)n3)ccc12. The quantitative estimate of drug-likeness (QED) is 0.181. The average Bonchev–Trinajstić information content (AvgIpc) is 3.72. The predicted octanol–water partition coefficient (Wildman–Crippen LogP) is 12.7. The third-order valence-corrected chi connectivity index (χ3v) is 11.6. The summed E-state index contributed by atoms with van der Waals surface area (Å²) in [4.78, 5) is 12.6. The first-order valence-corrected chi connectivity index (χ1v) is 18.4. The van der Waals surface area contributed by atoms with Crippen molar-refractivity contribution in [2.75, 3.05) is 0 Å². The van der Waals surface area contributed by atoms with Gasteiger partial charge in [0.15, 0.2) is 5.82 Å². The number of rotatable bonds is 5. The third kappa shape index (κ3) is 4.41. The first kappa shape index (κ1) is 30.6. The van der Waals surface area contributed by atoms with Crippen LogP contribution in [0.5, 0.6) is 0 Å². The molecule has 52 heavy (non-hydrogen) atoms. The fraction of sp³-hybridized carbons (Fsp3) is 0.0417. The Hall–Kier alpha value is -6.23. The average molecular weight is 685 g/mol. The Labute approximate surface area is 306 Å². The van der Waals surface area contributed by atoms with Crippen LogP contribution >= 0.6 is 11.8 Å². The summed E-state index contributed by atoms with van der Waals surface area (Å²) in [5, 5.41) is 2.27. The second-order valence-electron chi connectivity index (χ2n) is 13.2. The van der Waals surface area contributed by atoms with Crippen LogP contribution in [0.3, 0.4) is 0 Å². The summed E-state index contributed by atoms with van der Waals surface area (Å²) in [5.74, 6) is 0.707. The Morgan fingerprint density at radius 1 is 0.615 bits per heavy atom. The van der Waals surface area contributed by atoms with Crippen molar-refractivity contribution in [2.24, 2.45) is 0 Å². The Kier molecular flexibility index (Phi) is 7.02. The minimum atomic E-state index is -0.579. The molecule has 1 aliphatic heterocycles. The lowest BCUT2D eigenvalue weighted by Crippen LogP contribution is -2.32. The van der Waals surface area contributed by atoms with E-state index in [1.54, 1.807) is 0 Å². The van der Waals surface area contributed by atoms with E-state index >= 15 is 0 Å². The van der Waals surface area contributed by atoms with Crippen molar-refractivity contribution in [3.8, 4) is 33.9 Å². The maximum Gasteiger partial charge on any atom is 0.160 e. The van der Waals surface area contributed by atoms with E-state index in [0.29, 0.717) is 5.82 Å². The summed E-state index contributed by atoms with van der Waals surface area (Å²) in [6, 6.07) is 51.2. The molecule has 0 fully saturated rings. The molecule has 0 saturated carbocycles. The van der Waals surface area contributed by atoms with Crippen molar-refractivity contribution in [3.05, 3.63) is 198 Å². The molecule has 246 valence electrons.